The fourth-order valence-corrected chi connectivity index (χ4v) is 3.80. The minimum Gasteiger partial charge on any atom is -0.436 e. The third-order valence-electron chi connectivity index (χ3n) is 5.69. The van der Waals surface area contributed by atoms with Crippen molar-refractivity contribution in [3.8, 4) is 11.6 Å². The zero-order valence-corrected chi connectivity index (χ0v) is 19.2. The maximum absolute atomic E-state index is 13.6. The molecule has 0 aliphatic heterocycles. The van der Waals surface area contributed by atoms with Crippen molar-refractivity contribution >= 4 is 28.3 Å². The van der Waals surface area contributed by atoms with Crippen LogP contribution in [0.25, 0.3) is 16.7 Å². The molecule has 3 aromatic carbocycles. The highest BCUT2D eigenvalue weighted by Crippen LogP contribution is 2.26. The molecule has 1 amide bonds. The van der Waals surface area contributed by atoms with Gasteiger partial charge in [0.15, 0.2) is 0 Å². The van der Waals surface area contributed by atoms with Gasteiger partial charge in [-0.25, -0.2) is 23.3 Å². The van der Waals surface area contributed by atoms with Crippen LogP contribution in [0.1, 0.15) is 18.1 Å². The molecule has 5 rings (SSSR count). The number of ether oxygens (including phenoxy) is 1. The van der Waals surface area contributed by atoms with Crippen LogP contribution in [0.15, 0.2) is 71.5 Å². The lowest BCUT2D eigenvalue weighted by molar-refractivity contribution is -0.117. The standard InChI is InChI=1S/C26H22FN5O3/c1-3-17-9-12-19(13-10-17)35-25-24-30-31(15-23(33)28-21-14-18(27)11-8-16(21)2)26(34)32(24)22-7-5-4-6-20(22)29-25/h4-14H,3,15H2,1-2H3,(H,28,33). The van der Waals surface area contributed by atoms with Crippen LogP contribution in [0.5, 0.6) is 11.6 Å². The van der Waals surface area contributed by atoms with Gasteiger partial charge < -0.3 is 10.1 Å². The van der Waals surface area contributed by atoms with E-state index in [-0.39, 0.29) is 18.1 Å². The average molecular weight is 471 g/mol. The Morgan fingerprint density at radius 3 is 2.63 bits per heavy atom. The maximum atomic E-state index is 13.6. The number of carbonyl (C=O) groups excluding carboxylic acids is 1. The normalized spacial score (nSPS) is 11.2. The molecule has 0 unspecified atom stereocenters. The van der Waals surface area contributed by atoms with Crippen LogP contribution >= 0.6 is 0 Å². The van der Waals surface area contributed by atoms with Crippen LogP contribution in [-0.4, -0.2) is 25.1 Å². The van der Waals surface area contributed by atoms with Gasteiger partial charge in [-0.3, -0.25) is 4.79 Å². The van der Waals surface area contributed by atoms with Crippen molar-refractivity contribution in [2.75, 3.05) is 5.32 Å². The molecule has 0 atom stereocenters. The summed E-state index contributed by atoms with van der Waals surface area (Å²) in [6.45, 7) is 3.45. The van der Waals surface area contributed by atoms with Crippen LogP contribution in [-0.2, 0) is 17.8 Å². The van der Waals surface area contributed by atoms with Crippen LogP contribution in [0.4, 0.5) is 10.1 Å². The monoisotopic (exact) mass is 471 g/mol. The third-order valence-corrected chi connectivity index (χ3v) is 5.69. The average Bonchev–Trinajstić information content (AvgIpc) is 3.18. The van der Waals surface area contributed by atoms with E-state index in [1.165, 1.54) is 16.5 Å². The molecule has 1 N–H and O–H groups in total. The van der Waals surface area contributed by atoms with Crippen molar-refractivity contribution in [3.63, 3.8) is 0 Å². The predicted octanol–water partition coefficient (Wildman–Crippen LogP) is 4.49. The van der Waals surface area contributed by atoms with Crippen LogP contribution in [0.3, 0.4) is 0 Å². The number of rotatable bonds is 6. The molecule has 0 aliphatic rings. The van der Waals surface area contributed by atoms with Gasteiger partial charge in [0.2, 0.25) is 11.6 Å². The summed E-state index contributed by atoms with van der Waals surface area (Å²) in [5.74, 6) is -0.292. The first-order valence-corrected chi connectivity index (χ1v) is 11.1. The van der Waals surface area contributed by atoms with E-state index < -0.39 is 17.4 Å². The number of nitrogens with zero attached hydrogens (tertiary/aromatic N) is 4. The topological polar surface area (TPSA) is 90.5 Å². The number of anilines is 1. The van der Waals surface area contributed by atoms with Crippen LogP contribution in [0, 0.1) is 12.7 Å². The number of para-hydroxylation sites is 2. The van der Waals surface area contributed by atoms with Crippen molar-refractivity contribution in [2.24, 2.45) is 0 Å². The Labute approximate surface area is 199 Å². The molecule has 0 fully saturated rings. The van der Waals surface area contributed by atoms with Gasteiger partial charge in [-0.05, 0) is 60.9 Å². The minimum atomic E-state index is -0.518. The number of nitrogens with one attached hydrogen (secondary N) is 1. The molecular weight excluding hydrogens is 449 g/mol. The van der Waals surface area contributed by atoms with E-state index in [2.05, 4.69) is 22.3 Å². The van der Waals surface area contributed by atoms with Crippen molar-refractivity contribution in [3.05, 3.63) is 94.2 Å². The van der Waals surface area contributed by atoms with Gasteiger partial charge >= 0.3 is 5.69 Å². The summed E-state index contributed by atoms with van der Waals surface area (Å²) < 4.78 is 22.0. The molecule has 2 heterocycles. The SMILES string of the molecule is CCc1ccc(Oc2nc3ccccc3n3c(=O)n(CC(=O)Nc4cc(F)ccc4C)nc23)cc1. The van der Waals surface area contributed by atoms with Crippen molar-refractivity contribution in [1.29, 1.82) is 0 Å². The molecule has 0 aliphatic carbocycles. The fourth-order valence-electron chi connectivity index (χ4n) is 3.80. The second kappa shape index (κ2) is 9.02. The largest absolute Gasteiger partial charge is 0.436 e. The smallest absolute Gasteiger partial charge is 0.351 e. The molecule has 0 saturated carbocycles. The molecular formula is C26H22FN5O3. The quantitative estimate of drug-likeness (QED) is 0.394. The Bertz CT molecular complexity index is 1620. The van der Waals surface area contributed by atoms with Gasteiger partial charge in [0.05, 0.1) is 11.0 Å². The number of aromatic nitrogens is 4. The second-order valence-corrected chi connectivity index (χ2v) is 8.11. The highest BCUT2D eigenvalue weighted by Gasteiger charge is 2.19. The second-order valence-electron chi connectivity index (χ2n) is 8.11. The number of aryl methyl sites for hydroxylation is 2. The maximum Gasteiger partial charge on any atom is 0.351 e. The molecule has 0 bridgehead atoms. The summed E-state index contributed by atoms with van der Waals surface area (Å²) in [6.07, 6.45) is 0.899. The minimum absolute atomic E-state index is 0.144. The Hall–Kier alpha value is -4.53. The Balaban J connectivity index is 1.54. The number of hydrogen-bond acceptors (Lipinski definition) is 5. The molecule has 0 saturated heterocycles. The van der Waals surface area contributed by atoms with Crippen molar-refractivity contribution < 1.29 is 13.9 Å². The molecule has 35 heavy (non-hydrogen) atoms. The summed E-state index contributed by atoms with van der Waals surface area (Å²) in [4.78, 5) is 30.5. The first kappa shape index (κ1) is 22.3. The van der Waals surface area contributed by atoms with E-state index in [4.69, 9.17) is 4.74 Å². The van der Waals surface area contributed by atoms with Gasteiger partial charge in [-0.2, -0.15) is 0 Å². The lowest BCUT2D eigenvalue weighted by Gasteiger charge is -2.08. The number of amides is 1. The molecule has 0 radical (unpaired) electrons. The molecule has 5 aromatic rings. The molecule has 176 valence electrons. The summed E-state index contributed by atoms with van der Waals surface area (Å²) >= 11 is 0. The Kier molecular flexibility index (Phi) is 5.74. The number of halogens is 1. The summed E-state index contributed by atoms with van der Waals surface area (Å²) in [5.41, 5.74) is 2.93. The summed E-state index contributed by atoms with van der Waals surface area (Å²) in [5, 5.41) is 7.00. The fraction of sp³-hybridized carbons (Fsp3) is 0.154. The van der Waals surface area contributed by atoms with E-state index in [9.17, 15) is 14.0 Å². The summed E-state index contributed by atoms with van der Waals surface area (Å²) in [7, 11) is 0. The van der Waals surface area contributed by atoms with Gasteiger partial charge in [0, 0.05) is 5.69 Å². The molecule has 0 spiro atoms. The zero-order chi connectivity index (χ0) is 24.5. The number of fused-ring (bicyclic) bond motifs is 3. The highest BCUT2D eigenvalue weighted by molar-refractivity contribution is 5.91. The Morgan fingerprint density at radius 2 is 1.86 bits per heavy atom. The van der Waals surface area contributed by atoms with Crippen LogP contribution in [0.2, 0.25) is 0 Å². The van der Waals surface area contributed by atoms with Gasteiger partial charge in [-0.15, -0.1) is 5.10 Å². The number of benzene rings is 3. The van der Waals surface area contributed by atoms with Crippen molar-refractivity contribution in [2.45, 2.75) is 26.8 Å². The van der Waals surface area contributed by atoms with Gasteiger partial charge in [0.25, 0.3) is 5.88 Å². The first-order chi connectivity index (χ1) is 16.9. The first-order valence-electron chi connectivity index (χ1n) is 11.1. The molecule has 9 heteroatoms. The van der Waals surface area contributed by atoms with E-state index >= 15 is 0 Å². The van der Waals surface area contributed by atoms with E-state index in [1.54, 1.807) is 31.2 Å². The van der Waals surface area contributed by atoms with Gasteiger partial charge in [0.1, 0.15) is 18.1 Å². The third kappa shape index (κ3) is 4.35. The predicted molar refractivity (Wildman–Crippen MR) is 130 cm³/mol. The van der Waals surface area contributed by atoms with Crippen LogP contribution < -0.4 is 15.7 Å². The Morgan fingerprint density at radius 1 is 1.09 bits per heavy atom. The highest BCUT2D eigenvalue weighted by atomic mass is 19.1. The summed E-state index contributed by atoms with van der Waals surface area (Å²) in [6, 6.07) is 18.8. The van der Waals surface area contributed by atoms with E-state index in [1.807, 2.05) is 30.3 Å². The lowest BCUT2D eigenvalue weighted by atomic mass is 10.2. The molecule has 2 aromatic heterocycles. The number of carbonyl (C=O) groups is 1. The van der Waals surface area contributed by atoms with Gasteiger partial charge in [-0.1, -0.05) is 37.3 Å². The number of hydrogen-bond donors (Lipinski definition) is 1. The van der Waals surface area contributed by atoms with E-state index in [0.717, 1.165) is 16.7 Å². The van der Waals surface area contributed by atoms with E-state index in [0.29, 0.717) is 28.0 Å². The zero-order valence-electron chi connectivity index (χ0n) is 19.2. The van der Waals surface area contributed by atoms with Crippen molar-refractivity contribution in [1.82, 2.24) is 19.2 Å². The molecule has 8 nitrogen and oxygen atoms in total. The lowest BCUT2D eigenvalue weighted by Crippen LogP contribution is -2.28.